The SMILES string of the molecule is CCCCCN[CH]C(F)(F)F. The van der Waals surface area contributed by atoms with Crippen molar-refractivity contribution in [1.29, 1.82) is 0 Å². The molecule has 0 aliphatic heterocycles. The van der Waals surface area contributed by atoms with Gasteiger partial charge in [-0.05, 0) is 13.0 Å². The van der Waals surface area contributed by atoms with Crippen LogP contribution in [0.1, 0.15) is 26.2 Å². The van der Waals surface area contributed by atoms with Gasteiger partial charge < -0.3 is 5.32 Å². The van der Waals surface area contributed by atoms with E-state index in [0.717, 1.165) is 19.3 Å². The second-order valence-electron chi connectivity index (χ2n) is 2.35. The van der Waals surface area contributed by atoms with Crippen molar-refractivity contribution in [2.45, 2.75) is 32.4 Å². The maximum absolute atomic E-state index is 11.4. The Morgan fingerprint density at radius 3 is 2.36 bits per heavy atom. The molecule has 0 saturated carbocycles. The molecular weight excluding hydrogens is 155 g/mol. The Morgan fingerprint density at radius 2 is 1.91 bits per heavy atom. The lowest BCUT2D eigenvalue weighted by molar-refractivity contribution is -0.101. The fraction of sp³-hybridized carbons (Fsp3) is 0.857. The third kappa shape index (κ3) is 9.75. The van der Waals surface area contributed by atoms with Gasteiger partial charge >= 0.3 is 6.18 Å². The molecule has 0 atom stereocenters. The van der Waals surface area contributed by atoms with Gasteiger partial charge in [-0.25, -0.2) is 0 Å². The summed E-state index contributed by atoms with van der Waals surface area (Å²) in [7, 11) is 0. The van der Waals surface area contributed by atoms with E-state index < -0.39 is 6.18 Å². The molecule has 0 aromatic heterocycles. The molecule has 0 amide bonds. The number of halogens is 3. The zero-order chi connectivity index (χ0) is 8.74. The minimum Gasteiger partial charge on any atom is -0.305 e. The summed E-state index contributed by atoms with van der Waals surface area (Å²) in [5.74, 6) is 0. The fourth-order valence-corrected chi connectivity index (χ4v) is 0.665. The molecule has 0 rings (SSSR count). The Kier molecular flexibility index (Phi) is 5.28. The Hall–Kier alpha value is -0.250. The van der Waals surface area contributed by atoms with Crippen molar-refractivity contribution in [2.24, 2.45) is 0 Å². The summed E-state index contributed by atoms with van der Waals surface area (Å²) in [5.41, 5.74) is 0. The van der Waals surface area contributed by atoms with E-state index in [1.54, 1.807) is 0 Å². The van der Waals surface area contributed by atoms with E-state index in [4.69, 9.17) is 0 Å². The van der Waals surface area contributed by atoms with E-state index in [-0.39, 0.29) is 6.54 Å². The first kappa shape index (κ1) is 10.8. The van der Waals surface area contributed by atoms with Gasteiger partial charge in [0.1, 0.15) is 6.54 Å². The molecular formula is C7H13F3N. The molecule has 67 valence electrons. The highest BCUT2D eigenvalue weighted by Crippen LogP contribution is 2.15. The fourth-order valence-electron chi connectivity index (χ4n) is 0.665. The molecule has 0 bridgehead atoms. The summed E-state index contributed by atoms with van der Waals surface area (Å²) in [6, 6.07) is 0. The molecule has 0 spiro atoms. The van der Waals surface area contributed by atoms with Crippen LogP contribution < -0.4 is 5.32 Å². The van der Waals surface area contributed by atoms with Gasteiger partial charge in [0.05, 0.1) is 0 Å². The van der Waals surface area contributed by atoms with E-state index in [1.807, 2.05) is 6.92 Å². The van der Waals surface area contributed by atoms with Crippen molar-refractivity contribution >= 4 is 0 Å². The number of hydrogen-bond donors (Lipinski definition) is 1. The molecule has 1 N–H and O–H groups in total. The van der Waals surface area contributed by atoms with Crippen LogP contribution in [0.4, 0.5) is 13.2 Å². The van der Waals surface area contributed by atoms with Crippen LogP contribution in [0, 0.1) is 6.54 Å². The average molecular weight is 168 g/mol. The van der Waals surface area contributed by atoms with Crippen LogP contribution in [0.5, 0.6) is 0 Å². The maximum Gasteiger partial charge on any atom is 0.405 e. The van der Waals surface area contributed by atoms with Crippen molar-refractivity contribution in [3.63, 3.8) is 0 Å². The molecule has 0 aliphatic carbocycles. The lowest BCUT2D eigenvalue weighted by atomic mass is 10.2. The second-order valence-corrected chi connectivity index (χ2v) is 2.35. The van der Waals surface area contributed by atoms with Gasteiger partial charge in [-0.15, -0.1) is 0 Å². The number of rotatable bonds is 5. The molecule has 0 unspecified atom stereocenters. The second kappa shape index (κ2) is 5.41. The normalized spacial score (nSPS) is 12.0. The maximum atomic E-state index is 11.4. The molecule has 1 nitrogen and oxygen atoms in total. The summed E-state index contributed by atoms with van der Waals surface area (Å²) in [4.78, 5) is 0. The predicted molar refractivity (Wildman–Crippen MR) is 37.9 cm³/mol. The van der Waals surface area contributed by atoms with Crippen LogP contribution in [0.3, 0.4) is 0 Å². The third-order valence-electron chi connectivity index (χ3n) is 1.19. The lowest BCUT2D eigenvalue weighted by Crippen LogP contribution is -2.23. The van der Waals surface area contributed by atoms with E-state index >= 15 is 0 Å². The first-order valence-electron chi connectivity index (χ1n) is 3.70. The number of hydrogen-bond acceptors (Lipinski definition) is 1. The standard InChI is InChI=1S/C7H13F3N/c1-2-3-4-5-11-6-7(8,9)10/h6,11H,2-5H2,1H3. The minimum absolute atomic E-state index is 0.183. The van der Waals surface area contributed by atoms with Gasteiger partial charge in [0.15, 0.2) is 0 Å². The van der Waals surface area contributed by atoms with Gasteiger partial charge in [-0.2, -0.15) is 13.2 Å². The largest absolute Gasteiger partial charge is 0.405 e. The van der Waals surface area contributed by atoms with Crippen LogP contribution in [-0.2, 0) is 0 Å². The van der Waals surface area contributed by atoms with Gasteiger partial charge in [0.2, 0.25) is 0 Å². The van der Waals surface area contributed by atoms with E-state index in [1.165, 1.54) is 0 Å². The molecule has 4 heteroatoms. The molecule has 0 fully saturated rings. The first-order valence-corrected chi connectivity index (χ1v) is 3.70. The molecule has 0 aromatic carbocycles. The average Bonchev–Trinajstić information content (AvgIpc) is 1.85. The molecule has 11 heavy (non-hydrogen) atoms. The van der Waals surface area contributed by atoms with E-state index in [0.29, 0.717) is 6.54 Å². The summed E-state index contributed by atoms with van der Waals surface area (Å²) in [5, 5.41) is 2.21. The Labute approximate surface area is 65.0 Å². The molecule has 0 heterocycles. The highest BCUT2D eigenvalue weighted by Gasteiger charge is 2.26. The zero-order valence-corrected chi connectivity index (χ0v) is 6.54. The van der Waals surface area contributed by atoms with Crippen molar-refractivity contribution in [1.82, 2.24) is 5.32 Å². The van der Waals surface area contributed by atoms with Gasteiger partial charge in [-0.3, -0.25) is 0 Å². The van der Waals surface area contributed by atoms with Crippen LogP contribution in [0.2, 0.25) is 0 Å². The summed E-state index contributed by atoms with van der Waals surface area (Å²) in [6.07, 6.45) is -1.40. The Balaban J connectivity index is 3.02. The van der Waals surface area contributed by atoms with Crippen molar-refractivity contribution in [3.05, 3.63) is 6.54 Å². The summed E-state index contributed by atoms with van der Waals surface area (Å²) in [6.45, 7) is 2.60. The Morgan fingerprint density at radius 1 is 1.27 bits per heavy atom. The first-order chi connectivity index (χ1) is 5.06. The number of unbranched alkanes of at least 4 members (excludes halogenated alkanes) is 2. The number of nitrogens with one attached hydrogen (secondary N) is 1. The van der Waals surface area contributed by atoms with Crippen molar-refractivity contribution in [2.75, 3.05) is 6.54 Å². The summed E-state index contributed by atoms with van der Waals surface area (Å²) < 4.78 is 34.3. The lowest BCUT2D eigenvalue weighted by Gasteiger charge is -2.06. The number of alkyl halides is 3. The summed E-state index contributed by atoms with van der Waals surface area (Å²) >= 11 is 0. The smallest absolute Gasteiger partial charge is 0.305 e. The van der Waals surface area contributed by atoms with Gasteiger partial charge in [0.25, 0.3) is 0 Å². The Bertz CT molecular complexity index is 90.2. The topological polar surface area (TPSA) is 12.0 Å². The van der Waals surface area contributed by atoms with Crippen molar-refractivity contribution in [3.8, 4) is 0 Å². The molecule has 1 radical (unpaired) electrons. The van der Waals surface area contributed by atoms with Gasteiger partial charge in [-0.1, -0.05) is 19.8 Å². The highest BCUT2D eigenvalue weighted by molar-refractivity contribution is 4.70. The minimum atomic E-state index is -4.19. The molecule has 0 aliphatic rings. The predicted octanol–water partition coefficient (Wildman–Crippen LogP) is 2.49. The third-order valence-corrected chi connectivity index (χ3v) is 1.19. The zero-order valence-electron chi connectivity index (χ0n) is 6.54. The van der Waals surface area contributed by atoms with Crippen LogP contribution in [-0.4, -0.2) is 12.7 Å². The van der Waals surface area contributed by atoms with E-state index in [2.05, 4.69) is 5.32 Å². The monoisotopic (exact) mass is 168 g/mol. The van der Waals surface area contributed by atoms with Crippen LogP contribution in [0.25, 0.3) is 0 Å². The van der Waals surface area contributed by atoms with Crippen LogP contribution >= 0.6 is 0 Å². The van der Waals surface area contributed by atoms with Crippen LogP contribution in [0.15, 0.2) is 0 Å². The van der Waals surface area contributed by atoms with E-state index in [9.17, 15) is 13.2 Å². The highest BCUT2D eigenvalue weighted by atomic mass is 19.4. The molecule has 0 saturated heterocycles. The van der Waals surface area contributed by atoms with Gasteiger partial charge in [0, 0.05) is 0 Å². The molecule has 0 aromatic rings. The van der Waals surface area contributed by atoms with Crippen molar-refractivity contribution < 1.29 is 13.2 Å². The quantitative estimate of drug-likeness (QED) is 0.622.